The molecule has 100 valence electrons. The van der Waals surface area contributed by atoms with Crippen LogP contribution < -0.4 is 15.4 Å². The maximum absolute atomic E-state index is 11.7. The average molecular weight is 250 g/mol. The monoisotopic (exact) mass is 250 g/mol. The summed E-state index contributed by atoms with van der Waals surface area (Å²) in [4.78, 5) is 11.7. The van der Waals surface area contributed by atoms with Gasteiger partial charge in [-0.2, -0.15) is 0 Å². The zero-order chi connectivity index (χ0) is 13.2. The van der Waals surface area contributed by atoms with Crippen LogP contribution in [0.5, 0.6) is 5.75 Å². The van der Waals surface area contributed by atoms with Gasteiger partial charge in [0.2, 0.25) is 5.91 Å². The van der Waals surface area contributed by atoms with E-state index in [9.17, 15) is 4.79 Å². The number of amides is 1. The smallest absolute Gasteiger partial charge is 0.224 e. The number of rotatable bonds is 8. The molecule has 2 N–H and O–H groups in total. The number of para-hydroxylation sites is 1. The van der Waals surface area contributed by atoms with Crippen LogP contribution in [0, 0.1) is 0 Å². The van der Waals surface area contributed by atoms with Crippen LogP contribution in [-0.4, -0.2) is 32.7 Å². The lowest BCUT2D eigenvalue weighted by molar-refractivity contribution is -0.120. The van der Waals surface area contributed by atoms with Gasteiger partial charge in [-0.3, -0.25) is 4.79 Å². The molecule has 4 heteroatoms. The molecule has 4 nitrogen and oxygen atoms in total. The van der Waals surface area contributed by atoms with Gasteiger partial charge >= 0.3 is 0 Å². The Kier molecular flexibility index (Phi) is 6.87. The van der Waals surface area contributed by atoms with Crippen molar-refractivity contribution in [3.8, 4) is 5.75 Å². The van der Waals surface area contributed by atoms with Gasteiger partial charge in [0.15, 0.2) is 0 Å². The van der Waals surface area contributed by atoms with E-state index < -0.39 is 0 Å². The first-order valence-electron chi connectivity index (χ1n) is 6.37. The SMILES string of the molecule is CCNCCCNC(=O)Cc1ccccc1OC. The van der Waals surface area contributed by atoms with Crippen molar-refractivity contribution < 1.29 is 9.53 Å². The molecule has 1 rings (SSSR count). The molecule has 1 aromatic carbocycles. The fraction of sp³-hybridized carbons (Fsp3) is 0.500. The molecule has 0 radical (unpaired) electrons. The molecule has 0 aliphatic rings. The number of carbonyl (C=O) groups excluding carboxylic acids is 1. The van der Waals surface area contributed by atoms with Gasteiger partial charge in [-0.15, -0.1) is 0 Å². The highest BCUT2D eigenvalue weighted by Gasteiger charge is 2.07. The van der Waals surface area contributed by atoms with Crippen LogP contribution in [0.2, 0.25) is 0 Å². The van der Waals surface area contributed by atoms with E-state index in [4.69, 9.17) is 4.74 Å². The lowest BCUT2D eigenvalue weighted by Crippen LogP contribution is -2.28. The maximum atomic E-state index is 11.7. The first-order valence-corrected chi connectivity index (χ1v) is 6.37. The van der Waals surface area contributed by atoms with Crippen molar-refractivity contribution in [1.82, 2.24) is 10.6 Å². The third-order valence-electron chi connectivity index (χ3n) is 2.65. The summed E-state index contributed by atoms with van der Waals surface area (Å²) in [5, 5.41) is 6.13. The molecule has 18 heavy (non-hydrogen) atoms. The highest BCUT2D eigenvalue weighted by molar-refractivity contribution is 5.79. The van der Waals surface area contributed by atoms with Crippen LogP contribution >= 0.6 is 0 Å². The highest BCUT2D eigenvalue weighted by atomic mass is 16.5. The zero-order valence-electron chi connectivity index (χ0n) is 11.2. The summed E-state index contributed by atoms with van der Waals surface area (Å²) >= 11 is 0. The molecular weight excluding hydrogens is 228 g/mol. The van der Waals surface area contributed by atoms with Crippen molar-refractivity contribution in [3.63, 3.8) is 0 Å². The number of nitrogens with one attached hydrogen (secondary N) is 2. The minimum Gasteiger partial charge on any atom is -0.496 e. The second kappa shape index (κ2) is 8.53. The van der Waals surface area contributed by atoms with Crippen LogP contribution in [0.25, 0.3) is 0 Å². The summed E-state index contributed by atoms with van der Waals surface area (Å²) in [6.07, 6.45) is 1.32. The number of methoxy groups -OCH3 is 1. The van der Waals surface area contributed by atoms with Gasteiger partial charge in [0.05, 0.1) is 13.5 Å². The summed E-state index contributed by atoms with van der Waals surface area (Å²) in [5.41, 5.74) is 0.921. The molecule has 0 saturated carbocycles. The van der Waals surface area contributed by atoms with E-state index in [1.165, 1.54) is 0 Å². The standard InChI is InChI=1S/C14H22N2O2/c1-3-15-9-6-10-16-14(17)11-12-7-4-5-8-13(12)18-2/h4-5,7-8,15H,3,6,9-11H2,1-2H3,(H,16,17). The molecule has 0 spiro atoms. The topological polar surface area (TPSA) is 50.4 Å². The molecule has 0 bridgehead atoms. The Labute approximate surface area is 109 Å². The second-order valence-electron chi connectivity index (χ2n) is 4.05. The van der Waals surface area contributed by atoms with Crippen molar-refractivity contribution in [1.29, 1.82) is 0 Å². The molecule has 0 fully saturated rings. The third kappa shape index (κ3) is 5.19. The minimum atomic E-state index is 0.0380. The summed E-state index contributed by atoms with van der Waals surface area (Å²) in [7, 11) is 1.62. The van der Waals surface area contributed by atoms with Gasteiger partial charge in [-0.25, -0.2) is 0 Å². The molecule has 0 aliphatic heterocycles. The van der Waals surface area contributed by atoms with E-state index in [0.717, 1.165) is 30.8 Å². The van der Waals surface area contributed by atoms with Gasteiger partial charge in [0.25, 0.3) is 0 Å². The van der Waals surface area contributed by atoms with Crippen molar-refractivity contribution in [3.05, 3.63) is 29.8 Å². The molecule has 1 aromatic rings. The van der Waals surface area contributed by atoms with E-state index in [0.29, 0.717) is 13.0 Å². The highest BCUT2D eigenvalue weighted by Crippen LogP contribution is 2.17. The average Bonchev–Trinajstić information content (AvgIpc) is 2.39. The Balaban J connectivity index is 2.31. The summed E-state index contributed by atoms with van der Waals surface area (Å²) in [6, 6.07) is 7.60. The Morgan fingerprint density at radius 2 is 2.06 bits per heavy atom. The van der Waals surface area contributed by atoms with Crippen LogP contribution in [0.3, 0.4) is 0 Å². The van der Waals surface area contributed by atoms with Crippen LogP contribution in [-0.2, 0) is 11.2 Å². The zero-order valence-corrected chi connectivity index (χ0v) is 11.2. The van der Waals surface area contributed by atoms with E-state index in [2.05, 4.69) is 17.6 Å². The third-order valence-corrected chi connectivity index (χ3v) is 2.65. The van der Waals surface area contributed by atoms with Gasteiger partial charge in [0.1, 0.15) is 5.75 Å². The van der Waals surface area contributed by atoms with E-state index >= 15 is 0 Å². The van der Waals surface area contributed by atoms with Crippen molar-refractivity contribution in [2.75, 3.05) is 26.7 Å². The number of hydrogen-bond donors (Lipinski definition) is 2. The molecular formula is C14H22N2O2. The van der Waals surface area contributed by atoms with Gasteiger partial charge < -0.3 is 15.4 Å². The Morgan fingerprint density at radius 3 is 2.78 bits per heavy atom. The minimum absolute atomic E-state index is 0.0380. The Hall–Kier alpha value is -1.55. The Morgan fingerprint density at radius 1 is 1.28 bits per heavy atom. The maximum Gasteiger partial charge on any atom is 0.224 e. The molecule has 0 aliphatic carbocycles. The van der Waals surface area contributed by atoms with Gasteiger partial charge in [-0.1, -0.05) is 25.1 Å². The molecule has 0 saturated heterocycles. The van der Waals surface area contributed by atoms with Crippen molar-refractivity contribution in [2.24, 2.45) is 0 Å². The van der Waals surface area contributed by atoms with Crippen LogP contribution in [0.15, 0.2) is 24.3 Å². The number of hydrogen-bond acceptors (Lipinski definition) is 3. The number of benzene rings is 1. The first-order chi connectivity index (χ1) is 8.77. The molecule has 0 atom stereocenters. The second-order valence-corrected chi connectivity index (χ2v) is 4.05. The van der Waals surface area contributed by atoms with E-state index in [1.807, 2.05) is 24.3 Å². The number of ether oxygens (including phenoxy) is 1. The predicted octanol–water partition coefficient (Wildman–Crippen LogP) is 1.35. The van der Waals surface area contributed by atoms with Gasteiger partial charge in [0, 0.05) is 12.1 Å². The molecule has 1 amide bonds. The van der Waals surface area contributed by atoms with Crippen LogP contribution in [0.4, 0.5) is 0 Å². The summed E-state index contributed by atoms with van der Waals surface area (Å²) in [6.45, 7) is 4.68. The lowest BCUT2D eigenvalue weighted by atomic mass is 10.1. The van der Waals surface area contributed by atoms with Crippen LogP contribution in [0.1, 0.15) is 18.9 Å². The Bertz CT molecular complexity index is 367. The lowest BCUT2D eigenvalue weighted by Gasteiger charge is -2.09. The van der Waals surface area contributed by atoms with Gasteiger partial charge in [-0.05, 0) is 25.6 Å². The van der Waals surface area contributed by atoms with E-state index in [1.54, 1.807) is 7.11 Å². The predicted molar refractivity (Wildman–Crippen MR) is 72.9 cm³/mol. The summed E-state index contributed by atoms with van der Waals surface area (Å²) in [5.74, 6) is 0.802. The quantitative estimate of drug-likeness (QED) is 0.685. The molecule has 0 heterocycles. The fourth-order valence-corrected chi connectivity index (χ4v) is 1.70. The van der Waals surface area contributed by atoms with Crippen molar-refractivity contribution >= 4 is 5.91 Å². The normalized spacial score (nSPS) is 10.1. The first kappa shape index (κ1) is 14.5. The van der Waals surface area contributed by atoms with E-state index in [-0.39, 0.29) is 5.91 Å². The molecule has 0 aromatic heterocycles. The number of carbonyl (C=O) groups is 1. The van der Waals surface area contributed by atoms with Crippen molar-refractivity contribution in [2.45, 2.75) is 19.8 Å². The fourth-order valence-electron chi connectivity index (χ4n) is 1.70. The summed E-state index contributed by atoms with van der Waals surface area (Å²) < 4.78 is 5.21. The largest absolute Gasteiger partial charge is 0.496 e. The molecule has 0 unspecified atom stereocenters.